The first-order valence-corrected chi connectivity index (χ1v) is 33.7. The Balaban J connectivity index is 1.09. The molecule has 6 aromatic heterocycles. The first-order valence-electron chi connectivity index (χ1n) is 33.7. The van der Waals surface area contributed by atoms with E-state index in [0.29, 0.717) is 135 Å². The van der Waals surface area contributed by atoms with Crippen LogP contribution in [0.3, 0.4) is 0 Å². The number of carbonyl (C=O) groups excluding carboxylic acids is 12. The summed E-state index contributed by atoms with van der Waals surface area (Å²) < 4.78 is 10.7. The Bertz CT molecular complexity index is 4190. The highest BCUT2D eigenvalue weighted by atomic mass is 16.2. The van der Waals surface area contributed by atoms with E-state index in [2.05, 4.69) is 4.90 Å². The third-order valence-electron chi connectivity index (χ3n) is 23.1. The first kappa shape index (κ1) is 69.4. The second kappa shape index (κ2) is 23.6. The number of hydrogen-bond acceptors (Lipinski definition) is 16. The average molecular weight is 1350 g/mol. The van der Waals surface area contributed by atoms with Gasteiger partial charge in [0, 0.05) is 86.5 Å². The number of fused-ring (bicyclic) bond motifs is 6. The first-order chi connectivity index (χ1) is 46.7. The zero-order valence-corrected chi connectivity index (χ0v) is 61.6. The van der Waals surface area contributed by atoms with Crippen molar-refractivity contribution in [3.63, 3.8) is 0 Å². The molecule has 0 aliphatic heterocycles. The molecule has 0 saturated carbocycles. The van der Waals surface area contributed by atoms with Crippen LogP contribution in [0.1, 0.15) is 276 Å². The lowest BCUT2D eigenvalue weighted by molar-refractivity contribution is 0.0975. The van der Waals surface area contributed by atoms with Gasteiger partial charge in [0.2, 0.25) is 0 Å². The van der Waals surface area contributed by atoms with Crippen LogP contribution < -0.4 is 15.4 Å². The molecule has 0 spiro atoms. The van der Waals surface area contributed by atoms with E-state index >= 15 is 0 Å². The van der Waals surface area contributed by atoms with Gasteiger partial charge in [-0.05, 0) is 166 Å². The molecule has 6 aliphatic rings. The zero-order chi connectivity index (χ0) is 73.7. The number of hydrogen-bond donors (Lipinski definition) is 0. The Morgan fingerprint density at radius 1 is 0.160 bits per heavy atom. The van der Waals surface area contributed by atoms with Crippen LogP contribution in [0.4, 0.5) is 0 Å². The van der Waals surface area contributed by atoms with E-state index in [-0.39, 0.29) is 175 Å². The fraction of sp³-hybridized carbons (Fsp3) is 0.385. The van der Waals surface area contributed by atoms with Crippen molar-refractivity contribution in [1.29, 1.82) is 0 Å². The van der Waals surface area contributed by atoms with Gasteiger partial charge in [0.15, 0.2) is 69.4 Å². The summed E-state index contributed by atoms with van der Waals surface area (Å²) in [5, 5.41) is 5.51. The normalized spacial score (nSPS) is 16.5. The van der Waals surface area contributed by atoms with Gasteiger partial charge in [0.25, 0.3) is 0 Å². The van der Waals surface area contributed by atoms with E-state index in [0.717, 1.165) is 0 Å². The van der Waals surface area contributed by atoms with Crippen LogP contribution in [0.15, 0.2) is 66.9 Å². The minimum Gasteiger partial charge on any atom is -0.298 e. The molecule has 0 N–H and O–H groups in total. The lowest BCUT2D eigenvalue weighted by atomic mass is 9.86. The highest BCUT2D eigenvalue weighted by Crippen LogP contribution is 2.41. The third kappa shape index (κ3) is 9.09. The van der Waals surface area contributed by atoms with Gasteiger partial charge in [0.1, 0.15) is 0 Å². The molecule has 518 valence electrons. The Kier molecular flexibility index (Phi) is 16.4. The standard InChI is InChI=1S/C78H84N10O12/c1-31-32(2)68(90)56-44(14)83(43(13)55(56)67(31)89)80(84-45(15)57-58(46(84)16)70(92)34(4)33(3)69(57)91)28-25-79(26-29-81(85-47(17)59-60(48(85)18)72(94)36(6)35(5)71(59)93)86-49(19)61-62(50(86)20)74(96)38(8)37(7)73(61)95)27-30-82(87-51(21)63-64(52(87)22)76(98)40(10)39(9)75(63)97)88-53(23)65-66(54(88)24)78(100)42(12)41(11)77(65)99/h25-30H2,1-24H3. The van der Waals surface area contributed by atoms with E-state index in [1.54, 1.807) is 194 Å². The fourth-order valence-electron chi connectivity index (χ4n) is 16.6. The molecular weight excluding hydrogens is 1270 g/mol. The van der Waals surface area contributed by atoms with E-state index in [1.165, 1.54) is 0 Å². The summed E-state index contributed by atoms with van der Waals surface area (Å²) in [6.07, 6.45) is 0. The van der Waals surface area contributed by atoms with Crippen LogP contribution >= 0.6 is 0 Å². The Morgan fingerprint density at radius 3 is 0.340 bits per heavy atom. The number of Topliss-reactive ketones (excluding diaryl/α,β-unsaturated/α-hetero) is 12. The van der Waals surface area contributed by atoms with Crippen LogP contribution in [0, 0.1) is 83.1 Å². The van der Waals surface area contributed by atoms with Gasteiger partial charge in [-0.25, -0.2) is 43.4 Å². The molecule has 0 amide bonds. The summed E-state index contributed by atoms with van der Waals surface area (Å²) in [4.78, 5) is 177. The van der Waals surface area contributed by atoms with Crippen molar-refractivity contribution in [3.05, 3.63) is 202 Å². The second-order valence-electron chi connectivity index (χ2n) is 28.0. The second-order valence-corrected chi connectivity index (χ2v) is 28.0. The maximum atomic E-state index is 14.6. The number of aromatic nitrogens is 6. The molecule has 0 aromatic carbocycles. The lowest BCUT2D eigenvalue weighted by Crippen LogP contribution is -2.52. The quantitative estimate of drug-likeness (QED) is 0.0927. The number of carbonyl (C=O) groups is 12. The largest absolute Gasteiger partial charge is 0.298 e. The highest BCUT2D eigenvalue weighted by molar-refractivity contribution is 6.32. The Hall–Kier alpha value is -10.5. The van der Waals surface area contributed by atoms with Gasteiger partial charge in [-0.2, -0.15) is 0 Å². The predicted octanol–water partition coefficient (Wildman–Crippen LogP) is 11.4. The van der Waals surface area contributed by atoms with Crippen molar-refractivity contribution in [2.24, 2.45) is 0 Å². The molecule has 6 heterocycles. The molecule has 0 atom stereocenters. The van der Waals surface area contributed by atoms with Crippen LogP contribution in [-0.4, -0.2) is 142 Å². The van der Waals surface area contributed by atoms with E-state index in [1.807, 2.05) is 15.4 Å². The topological polar surface area (TPSA) is 247 Å². The minimum atomic E-state index is -0.332. The van der Waals surface area contributed by atoms with Gasteiger partial charge >= 0.3 is 0 Å². The van der Waals surface area contributed by atoms with Gasteiger partial charge in [-0.1, -0.05) is 0 Å². The summed E-state index contributed by atoms with van der Waals surface area (Å²) >= 11 is 0. The van der Waals surface area contributed by atoms with Crippen molar-refractivity contribution in [2.75, 3.05) is 54.6 Å². The molecule has 22 nitrogen and oxygen atoms in total. The molecule has 0 radical (unpaired) electrons. The van der Waals surface area contributed by atoms with E-state index in [9.17, 15) is 57.5 Å². The lowest BCUT2D eigenvalue weighted by Gasteiger charge is -2.38. The van der Waals surface area contributed by atoms with Crippen molar-refractivity contribution >= 4 is 69.4 Å². The van der Waals surface area contributed by atoms with Crippen LogP contribution in [0.25, 0.3) is 0 Å². The van der Waals surface area contributed by atoms with Crippen molar-refractivity contribution in [2.45, 2.75) is 166 Å². The molecule has 0 saturated heterocycles. The maximum Gasteiger partial charge on any atom is 0.191 e. The molecule has 100 heavy (non-hydrogen) atoms. The van der Waals surface area contributed by atoms with Gasteiger partial charge in [-0.15, -0.1) is 0 Å². The molecular formula is C78H84N10O12. The molecule has 0 bridgehead atoms. The fourth-order valence-corrected chi connectivity index (χ4v) is 16.6. The molecule has 6 aromatic rings. The number of rotatable bonds is 15. The highest BCUT2D eigenvalue weighted by Gasteiger charge is 2.45. The SMILES string of the molecule is CC1=C(C)C(=O)c2c(c(C)n(N(CCN(CCN(n3c(C)c4c(c3C)C(=O)C(C)=C(C)C4=O)n3c(C)c4c(c3C)C(=O)C(C)=C(C)C4=O)CCN(n3c(C)c4c(c3C)C(=O)C(C)=C(C)C4=O)n3c(C)c4c(c3C)C(=O)C(C)=C(C)C4=O)n3c(C)c4c(c3C)C(=O)C(C)=C(C)C4=O)c2C)C1=O. The van der Waals surface area contributed by atoms with Gasteiger partial charge in [0.05, 0.1) is 155 Å². The van der Waals surface area contributed by atoms with Crippen molar-refractivity contribution < 1.29 is 57.5 Å². The summed E-state index contributed by atoms with van der Waals surface area (Å²) in [5.74, 6) is -3.98. The van der Waals surface area contributed by atoms with Crippen molar-refractivity contribution in [1.82, 2.24) is 33.0 Å². The van der Waals surface area contributed by atoms with Crippen LogP contribution in [0.5, 0.6) is 0 Å². The monoisotopic (exact) mass is 1350 g/mol. The maximum absolute atomic E-state index is 14.6. The molecule has 0 unspecified atom stereocenters. The Labute approximate surface area is 580 Å². The summed E-state index contributed by atoms with van der Waals surface area (Å²) in [7, 11) is 0. The van der Waals surface area contributed by atoms with Crippen molar-refractivity contribution in [3.8, 4) is 0 Å². The third-order valence-corrected chi connectivity index (χ3v) is 23.1. The zero-order valence-electron chi connectivity index (χ0n) is 61.6. The minimum absolute atomic E-state index is 0.0234. The summed E-state index contributed by atoms with van der Waals surface area (Å²) in [5.41, 5.74) is 10.9. The molecule has 22 heteroatoms. The van der Waals surface area contributed by atoms with E-state index in [4.69, 9.17) is 0 Å². The van der Waals surface area contributed by atoms with E-state index < -0.39 is 0 Å². The van der Waals surface area contributed by atoms with Gasteiger partial charge < -0.3 is 0 Å². The summed E-state index contributed by atoms with van der Waals surface area (Å²) in [6.45, 7) is 40.6. The molecule has 12 rings (SSSR count). The van der Waals surface area contributed by atoms with Crippen LogP contribution in [-0.2, 0) is 0 Å². The van der Waals surface area contributed by atoms with Crippen LogP contribution in [0.2, 0.25) is 0 Å². The van der Waals surface area contributed by atoms with Gasteiger partial charge in [-0.3, -0.25) is 62.4 Å². The predicted molar refractivity (Wildman–Crippen MR) is 378 cm³/mol. The Morgan fingerprint density at radius 2 is 0.250 bits per heavy atom. The molecule has 6 aliphatic carbocycles. The smallest absolute Gasteiger partial charge is 0.191 e. The number of allylic oxidation sites excluding steroid dienone is 12. The summed E-state index contributed by atoms with van der Waals surface area (Å²) in [6, 6.07) is 0. The number of ketones is 12. The number of nitrogens with zero attached hydrogens (tertiary/aromatic N) is 10. The average Bonchev–Trinajstić information content (AvgIpc) is 1.57. The molecule has 0 fully saturated rings.